The first-order chi connectivity index (χ1) is 15.7. The quantitative estimate of drug-likeness (QED) is 0.195. The van der Waals surface area contributed by atoms with Crippen molar-refractivity contribution in [1.82, 2.24) is 0 Å². The summed E-state index contributed by atoms with van der Waals surface area (Å²) in [4.78, 5) is 12.3. The predicted octanol–water partition coefficient (Wildman–Crippen LogP) is 2.69. The molecular weight excluding hydrogens is 432 g/mol. The summed E-state index contributed by atoms with van der Waals surface area (Å²) in [6.07, 6.45) is -2.08. The highest BCUT2D eigenvalue weighted by Gasteiger charge is 2.40. The van der Waals surface area contributed by atoms with Crippen molar-refractivity contribution in [3.63, 3.8) is 0 Å². The van der Waals surface area contributed by atoms with Crippen LogP contribution in [0.25, 0.3) is 0 Å². The fourth-order valence-electron chi connectivity index (χ4n) is 4.43. The molecular formula is C24H20O9. The first-order valence-electron chi connectivity index (χ1n) is 10.2. The van der Waals surface area contributed by atoms with E-state index in [1.54, 1.807) is 6.07 Å². The number of carbonyl (C=O) groups excluding carboxylic acids is 1. The summed E-state index contributed by atoms with van der Waals surface area (Å²) >= 11 is 0. The molecule has 0 spiro atoms. The third-order valence-corrected chi connectivity index (χ3v) is 6.04. The predicted molar refractivity (Wildman–Crippen MR) is 113 cm³/mol. The van der Waals surface area contributed by atoms with Crippen molar-refractivity contribution in [3.05, 3.63) is 64.7 Å². The molecule has 0 aliphatic carbocycles. The second-order valence-corrected chi connectivity index (χ2v) is 8.15. The number of benzene rings is 3. The first-order valence-corrected chi connectivity index (χ1v) is 10.2. The lowest BCUT2D eigenvalue weighted by atomic mass is 9.82. The Morgan fingerprint density at radius 1 is 0.758 bits per heavy atom. The molecule has 3 atom stereocenters. The molecule has 9 nitrogen and oxygen atoms in total. The van der Waals surface area contributed by atoms with Crippen LogP contribution < -0.4 is 9.47 Å². The van der Waals surface area contributed by atoms with Gasteiger partial charge in [-0.1, -0.05) is 12.1 Å². The maximum Gasteiger partial charge on any atom is 0.312 e. The lowest BCUT2D eigenvalue weighted by molar-refractivity contribution is -0.135. The number of fused-ring (bicyclic) bond motifs is 3. The number of ether oxygens (including phenoxy) is 2. The summed E-state index contributed by atoms with van der Waals surface area (Å²) in [5.41, 5.74) is 1.69. The third-order valence-electron chi connectivity index (χ3n) is 6.04. The number of phenols is 5. The molecule has 0 saturated heterocycles. The van der Waals surface area contributed by atoms with Gasteiger partial charge in [0.1, 0.15) is 23.4 Å². The van der Waals surface area contributed by atoms with Gasteiger partial charge in [0.15, 0.2) is 23.0 Å². The molecule has 6 N–H and O–H groups in total. The summed E-state index contributed by atoms with van der Waals surface area (Å²) in [5.74, 6) is -2.43. The molecule has 3 aromatic rings. The fraction of sp³-hybridized carbons (Fsp3) is 0.208. The smallest absolute Gasteiger partial charge is 0.312 e. The standard InChI is InChI=1S/C24H20O9/c25-14-3-1-10(5-17(14)28)12-8-21(31)32-20-9-16(27)13-7-19(30)23(33-24(13)22(12)20)11-2-4-15(26)18(29)6-11/h1-6,9,12,19,23,25-30H,7-8H2/t12-,19-,23-/m0/s1. The molecule has 0 aromatic heterocycles. The normalized spacial score (nSPS) is 21.5. The minimum absolute atomic E-state index is 0.0161. The monoisotopic (exact) mass is 452 g/mol. The number of aromatic hydroxyl groups is 5. The van der Waals surface area contributed by atoms with E-state index < -0.39 is 24.1 Å². The van der Waals surface area contributed by atoms with E-state index in [2.05, 4.69) is 0 Å². The average molecular weight is 452 g/mol. The van der Waals surface area contributed by atoms with E-state index in [1.807, 2.05) is 0 Å². The fourth-order valence-corrected chi connectivity index (χ4v) is 4.43. The van der Waals surface area contributed by atoms with Crippen LogP contribution in [0, 0.1) is 0 Å². The zero-order valence-electron chi connectivity index (χ0n) is 17.1. The molecule has 3 aromatic carbocycles. The average Bonchev–Trinajstić information content (AvgIpc) is 2.77. The molecule has 0 fully saturated rings. The van der Waals surface area contributed by atoms with E-state index in [4.69, 9.17) is 9.47 Å². The lowest BCUT2D eigenvalue weighted by Crippen LogP contribution is -2.32. The number of hydrogen-bond donors (Lipinski definition) is 6. The minimum Gasteiger partial charge on any atom is -0.507 e. The van der Waals surface area contributed by atoms with Crippen LogP contribution in [0.1, 0.15) is 40.7 Å². The van der Waals surface area contributed by atoms with E-state index in [-0.39, 0.29) is 53.1 Å². The van der Waals surface area contributed by atoms with Crippen molar-refractivity contribution in [2.24, 2.45) is 0 Å². The molecule has 33 heavy (non-hydrogen) atoms. The van der Waals surface area contributed by atoms with E-state index in [9.17, 15) is 35.4 Å². The van der Waals surface area contributed by atoms with Crippen LogP contribution in [0.3, 0.4) is 0 Å². The number of carbonyl (C=O) groups is 1. The summed E-state index contributed by atoms with van der Waals surface area (Å²) in [5, 5.41) is 60.5. The van der Waals surface area contributed by atoms with Gasteiger partial charge in [-0.15, -0.1) is 0 Å². The Labute approximate surface area is 187 Å². The summed E-state index contributed by atoms with van der Waals surface area (Å²) in [7, 11) is 0. The molecule has 2 aliphatic heterocycles. The van der Waals surface area contributed by atoms with E-state index >= 15 is 0 Å². The van der Waals surface area contributed by atoms with Crippen molar-refractivity contribution in [1.29, 1.82) is 0 Å². The highest BCUT2D eigenvalue weighted by molar-refractivity contribution is 5.80. The zero-order chi connectivity index (χ0) is 23.4. The number of esters is 1. The first kappa shape index (κ1) is 20.8. The Bertz CT molecular complexity index is 1280. The van der Waals surface area contributed by atoms with Crippen LogP contribution in [0.15, 0.2) is 42.5 Å². The molecule has 0 bridgehead atoms. The molecule has 2 heterocycles. The van der Waals surface area contributed by atoms with Gasteiger partial charge >= 0.3 is 5.97 Å². The summed E-state index contributed by atoms with van der Waals surface area (Å²) < 4.78 is 11.5. The second kappa shape index (κ2) is 7.49. The third kappa shape index (κ3) is 3.42. The van der Waals surface area contributed by atoms with Gasteiger partial charge in [-0.05, 0) is 35.4 Å². The molecule has 0 amide bonds. The van der Waals surface area contributed by atoms with Crippen LogP contribution in [-0.2, 0) is 11.2 Å². The van der Waals surface area contributed by atoms with E-state index in [1.165, 1.54) is 36.4 Å². The highest BCUT2D eigenvalue weighted by Crippen LogP contribution is 2.52. The number of hydrogen-bond acceptors (Lipinski definition) is 9. The number of aliphatic hydroxyl groups excluding tert-OH is 1. The molecule has 2 aliphatic rings. The molecule has 5 rings (SSSR count). The lowest BCUT2D eigenvalue weighted by Gasteiger charge is -2.36. The van der Waals surface area contributed by atoms with Crippen LogP contribution >= 0.6 is 0 Å². The topological polar surface area (TPSA) is 157 Å². The Morgan fingerprint density at radius 3 is 2.06 bits per heavy atom. The molecule has 0 unspecified atom stereocenters. The summed E-state index contributed by atoms with van der Waals surface area (Å²) in [6, 6.07) is 9.56. The van der Waals surface area contributed by atoms with Crippen molar-refractivity contribution < 1.29 is 44.9 Å². The molecule has 170 valence electrons. The van der Waals surface area contributed by atoms with Gasteiger partial charge in [-0.2, -0.15) is 0 Å². The zero-order valence-corrected chi connectivity index (χ0v) is 17.1. The van der Waals surface area contributed by atoms with Gasteiger partial charge in [0, 0.05) is 29.5 Å². The SMILES string of the molecule is O=C1C[C@@H](c2ccc(O)c(O)c2)c2c(cc(O)c3c2O[C@@H](c2ccc(O)c(O)c2)[C@@H](O)C3)O1. The molecule has 0 radical (unpaired) electrons. The molecule has 0 saturated carbocycles. The van der Waals surface area contributed by atoms with Crippen LogP contribution in [0.2, 0.25) is 0 Å². The Kier molecular flexibility index (Phi) is 4.71. The van der Waals surface area contributed by atoms with Gasteiger partial charge in [0.25, 0.3) is 0 Å². The van der Waals surface area contributed by atoms with Crippen molar-refractivity contribution in [2.45, 2.75) is 31.0 Å². The highest BCUT2D eigenvalue weighted by atomic mass is 16.5. The van der Waals surface area contributed by atoms with Gasteiger partial charge in [0.05, 0.1) is 12.5 Å². The molecule has 9 heteroatoms. The van der Waals surface area contributed by atoms with E-state index in [0.29, 0.717) is 22.3 Å². The Morgan fingerprint density at radius 2 is 1.39 bits per heavy atom. The maximum atomic E-state index is 12.3. The minimum atomic E-state index is -1.08. The van der Waals surface area contributed by atoms with E-state index in [0.717, 1.165) is 0 Å². The van der Waals surface area contributed by atoms with Gasteiger partial charge in [-0.3, -0.25) is 4.79 Å². The van der Waals surface area contributed by atoms with Crippen molar-refractivity contribution in [2.75, 3.05) is 0 Å². The number of phenolic OH excluding ortho intramolecular Hbond substituents is 5. The Balaban J connectivity index is 1.66. The Hall–Kier alpha value is -4.11. The van der Waals surface area contributed by atoms with Gasteiger partial charge in [-0.25, -0.2) is 0 Å². The van der Waals surface area contributed by atoms with Crippen LogP contribution in [0.5, 0.6) is 40.2 Å². The summed E-state index contributed by atoms with van der Waals surface area (Å²) in [6.45, 7) is 0. The van der Waals surface area contributed by atoms with Gasteiger partial charge in [0.2, 0.25) is 0 Å². The second-order valence-electron chi connectivity index (χ2n) is 8.15. The number of aliphatic hydroxyl groups is 1. The van der Waals surface area contributed by atoms with Crippen LogP contribution in [0.4, 0.5) is 0 Å². The van der Waals surface area contributed by atoms with Gasteiger partial charge < -0.3 is 40.1 Å². The van der Waals surface area contributed by atoms with Crippen molar-refractivity contribution in [3.8, 4) is 40.2 Å². The largest absolute Gasteiger partial charge is 0.507 e. The maximum absolute atomic E-state index is 12.3. The number of rotatable bonds is 2. The van der Waals surface area contributed by atoms with Crippen molar-refractivity contribution >= 4 is 5.97 Å². The van der Waals surface area contributed by atoms with Crippen LogP contribution in [-0.4, -0.2) is 42.7 Å².